The molecule has 8 aromatic carbocycles. The molecule has 11 aromatic rings. The number of hydrogen-bond donors (Lipinski definition) is 0. The van der Waals surface area contributed by atoms with E-state index < -0.39 is 0 Å². The van der Waals surface area contributed by atoms with Gasteiger partial charge in [-0.15, -0.1) is 0 Å². The molecule has 242 valence electrons. The van der Waals surface area contributed by atoms with Gasteiger partial charge in [-0.25, -0.2) is 15.0 Å². The van der Waals surface area contributed by atoms with Gasteiger partial charge in [0.2, 0.25) is 0 Å². The average molecular weight is 666 g/mol. The fourth-order valence-corrected chi connectivity index (χ4v) is 7.63. The summed E-state index contributed by atoms with van der Waals surface area (Å²) in [5.41, 5.74) is 8.19. The Balaban J connectivity index is 1.22. The van der Waals surface area contributed by atoms with E-state index in [4.69, 9.17) is 23.8 Å². The zero-order chi connectivity index (χ0) is 34.2. The van der Waals surface area contributed by atoms with Crippen LogP contribution in [0.25, 0.3) is 111 Å². The summed E-state index contributed by atoms with van der Waals surface area (Å²) in [5.74, 6) is 1.75. The molecular formula is C47H27N3O2. The maximum absolute atomic E-state index is 6.65. The molecule has 0 radical (unpaired) electrons. The van der Waals surface area contributed by atoms with Crippen molar-refractivity contribution in [3.8, 4) is 45.3 Å². The van der Waals surface area contributed by atoms with Crippen molar-refractivity contribution in [2.75, 3.05) is 0 Å². The van der Waals surface area contributed by atoms with Gasteiger partial charge >= 0.3 is 0 Å². The third kappa shape index (κ3) is 4.46. The van der Waals surface area contributed by atoms with E-state index in [-0.39, 0.29) is 0 Å². The highest BCUT2D eigenvalue weighted by molar-refractivity contribution is 6.22. The number of hydrogen-bond acceptors (Lipinski definition) is 5. The van der Waals surface area contributed by atoms with Gasteiger partial charge in [0.25, 0.3) is 0 Å². The van der Waals surface area contributed by atoms with Crippen LogP contribution in [0.15, 0.2) is 173 Å². The van der Waals surface area contributed by atoms with Crippen molar-refractivity contribution in [2.45, 2.75) is 0 Å². The van der Waals surface area contributed by atoms with E-state index >= 15 is 0 Å². The van der Waals surface area contributed by atoms with Gasteiger partial charge in [-0.2, -0.15) is 0 Å². The van der Waals surface area contributed by atoms with E-state index in [9.17, 15) is 0 Å². The smallest absolute Gasteiger partial charge is 0.164 e. The predicted molar refractivity (Wildman–Crippen MR) is 211 cm³/mol. The van der Waals surface area contributed by atoms with Crippen LogP contribution in [0, 0.1) is 0 Å². The van der Waals surface area contributed by atoms with E-state index in [0.29, 0.717) is 17.5 Å². The first-order valence-corrected chi connectivity index (χ1v) is 17.3. The van der Waals surface area contributed by atoms with Crippen molar-refractivity contribution in [3.05, 3.63) is 164 Å². The van der Waals surface area contributed by atoms with Crippen LogP contribution in [0.5, 0.6) is 0 Å². The third-order valence-electron chi connectivity index (χ3n) is 10.1. The summed E-state index contributed by atoms with van der Waals surface area (Å²) in [7, 11) is 0. The van der Waals surface area contributed by atoms with Crippen molar-refractivity contribution in [3.63, 3.8) is 0 Å². The van der Waals surface area contributed by atoms with Gasteiger partial charge in [-0.3, -0.25) is 0 Å². The molecule has 5 nitrogen and oxygen atoms in total. The topological polar surface area (TPSA) is 65.0 Å². The molecule has 0 amide bonds. The molecule has 0 N–H and O–H groups in total. The minimum atomic E-state index is 0.569. The van der Waals surface area contributed by atoms with Crippen LogP contribution < -0.4 is 0 Å². The monoisotopic (exact) mass is 665 g/mol. The first-order chi connectivity index (χ1) is 25.7. The second-order valence-corrected chi connectivity index (χ2v) is 13.2. The number of para-hydroxylation sites is 2. The predicted octanol–water partition coefficient (Wildman–Crippen LogP) is 12.6. The molecule has 3 heterocycles. The maximum Gasteiger partial charge on any atom is 0.164 e. The Kier molecular flexibility index (Phi) is 6.18. The van der Waals surface area contributed by atoms with Crippen LogP contribution in [0.3, 0.4) is 0 Å². The first-order valence-electron chi connectivity index (χ1n) is 17.3. The zero-order valence-electron chi connectivity index (χ0n) is 27.7. The molecule has 0 bridgehead atoms. The van der Waals surface area contributed by atoms with Gasteiger partial charge in [0.15, 0.2) is 17.5 Å². The number of rotatable bonds is 4. The summed E-state index contributed by atoms with van der Waals surface area (Å²) in [5, 5.41) is 8.50. The molecule has 0 aliphatic rings. The van der Waals surface area contributed by atoms with E-state index in [1.54, 1.807) is 0 Å². The molecule has 0 saturated heterocycles. The quantitative estimate of drug-likeness (QED) is 0.187. The molecule has 0 saturated carbocycles. The van der Waals surface area contributed by atoms with Crippen molar-refractivity contribution < 1.29 is 8.83 Å². The second-order valence-electron chi connectivity index (χ2n) is 13.2. The summed E-state index contributed by atoms with van der Waals surface area (Å²) in [6.45, 7) is 0. The molecule has 0 atom stereocenters. The molecule has 0 spiro atoms. The standard InChI is InChI=1S/C47H27N3O2/c1-2-12-29(13-3-1)33-17-10-18-37-39(27-38-35-16-7-9-20-41(35)52-44(38)43(33)37)47-49-45(31-22-21-28-11-4-5-14-30(28)25-31)48-46(50-47)32-23-24-36-34-15-6-8-19-40(34)51-42(36)26-32/h1-27H. The van der Waals surface area contributed by atoms with Crippen molar-refractivity contribution in [1.29, 1.82) is 0 Å². The Morgan fingerprint density at radius 3 is 1.77 bits per heavy atom. The first kappa shape index (κ1) is 28.7. The van der Waals surface area contributed by atoms with Crippen LogP contribution in [0.1, 0.15) is 0 Å². The Morgan fingerprint density at radius 1 is 0.327 bits per heavy atom. The van der Waals surface area contributed by atoms with E-state index in [0.717, 1.165) is 93.2 Å². The number of furan rings is 2. The zero-order valence-corrected chi connectivity index (χ0v) is 27.7. The van der Waals surface area contributed by atoms with E-state index in [1.165, 1.54) is 0 Å². The van der Waals surface area contributed by atoms with Gasteiger partial charge in [0, 0.05) is 43.6 Å². The van der Waals surface area contributed by atoms with Crippen molar-refractivity contribution >= 4 is 65.4 Å². The lowest BCUT2D eigenvalue weighted by Crippen LogP contribution is -2.01. The Morgan fingerprint density at radius 2 is 0.942 bits per heavy atom. The molecule has 52 heavy (non-hydrogen) atoms. The molecular weight excluding hydrogens is 639 g/mol. The van der Waals surface area contributed by atoms with Gasteiger partial charge in [0.05, 0.1) is 0 Å². The summed E-state index contributed by atoms with van der Waals surface area (Å²) in [4.78, 5) is 15.6. The fourth-order valence-electron chi connectivity index (χ4n) is 7.63. The molecule has 5 heteroatoms. The molecule has 0 unspecified atom stereocenters. The minimum Gasteiger partial charge on any atom is -0.456 e. The second kappa shape index (κ2) is 11.2. The van der Waals surface area contributed by atoms with Gasteiger partial charge in [0.1, 0.15) is 22.3 Å². The van der Waals surface area contributed by atoms with Crippen LogP contribution >= 0.6 is 0 Å². The molecule has 0 fully saturated rings. The molecule has 11 rings (SSSR count). The lowest BCUT2D eigenvalue weighted by Gasteiger charge is -2.13. The third-order valence-corrected chi connectivity index (χ3v) is 10.1. The average Bonchev–Trinajstić information content (AvgIpc) is 3.78. The van der Waals surface area contributed by atoms with Gasteiger partial charge < -0.3 is 8.83 Å². The maximum atomic E-state index is 6.65. The van der Waals surface area contributed by atoms with Crippen LogP contribution in [-0.2, 0) is 0 Å². The minimum absolute atomic E-state index is 0.569. The van der Waals surface area contributed by atoms with Crippen LogP contribution in [0.4, 0.5) is 0 Å². The Bertz CT molecular complexity index is 3190. The Hall–Kier alpha value is -7.11. The summed E-state index contributed by atoms with van der Waals surface area (Å²) in [6, 6.07) is 56.3. The SMILES string of the molecule is c1ccc(-c2cccc3c(-c4nc(-c5ccc6ccccc6c5)nc(-c5ccc6c(c5)oc5ccccc56)n4)cc4c5ccccc5oc4c23)cc1. The van der Waals surface area contributed by atoms with Crippen molar-refractivity contribution in [2.24, 2.45) is 0 Å². The molecule has 0 aliphatic carbocycles. The summed E-state index contributed by atoms with van der Waals surface area (Å²) >= 11 is 0. The number of benzene rings is 8. The highest BCUT2D eigenvalue weighted by Crippen LogP contribution is 2.43. The number of fused-ring (bicyclic) bond motifs is 9. The van der Waals surface area contributed by atoms with Crippen LogP contribution in [-0.4, -0.2) is 15.0 Å². The molecule has 0 aliphatic heterocycles. The summed E-state index contributed by atoms with van der Waals surface area (Å²) < 4.78 is 13.0. The Labute approximate surface area is 297 Å². The lowest BCUT2D eigenvalue weighted by molar-refractivity contribution is 0.669. The molecule has 3 aromatic heterocycles. The summed E-state index contributed by atoms with van der Waals surface area (Å²) in [6.07, 6.45) is 0. The van der Waals surface area contributed by atoms with Crippen LogP contribution in [0.2, 0.25) is 0 Å². The number of nitrogens with zero attached hydrogens (tertiary/aromatic N) is 3. The largest absolute Gasteiger partial charge is 0.456 e. The number of aromatic nitrogens is 3. The highest BCUT2D eigenvalue weighted by Gasteiger charge is 2.21. The van der Waals surface area contributed by atoms with Gasteiger partial charge in [-0.1, -0.05) is 127 Å². The van der Waals surface area contributed by atoms with E-state index in [1.807, 2.05) is 42.5 Å². The van der Waals surface area contributed by atoms with Gasteiger partial charge in [-0.05, 0) is 63.7 Å². The normalized spacial score (nSPS) is 11.8. The highest BCUT2D eigenvalue weighted by atomic mass is 16.3. The fraction of sp³-hybridized carbons (Fsp3) is 0. The van der Waals surface area contributed by atoms with Crippen molar-refractivity contribution in [1.82, 2.24) is 15.0 Å². The lowest BCUT2D eigenvalue weighted by atomic mass is 9.93. The van der Waals surface area contributed by atoms with E-state index in [2.05, 4.69) is 121 Å².